The molecule has 94 valence electrons. The summed E-state index contributed by atoms with van der Waals surface area (Å²) < 4.78 is 14.9. The van der Waals surface area contributed by atoms with Gasteiger partial charge in [0.05, 0.1) is 12.6 Å². The number of aromatic nitrogens is 3. The molecule has 0 bridgehead atoms. The summed E-state index contributed by atoms with van der Waals surface area (Å²) in [6, 6.07) is 6.84. The van der Waals surface area contributed by atoms with Crippen molar-refractivity contribution in [1.29, 1.82) is 0 Å². The molecule has 1 aromatic heterocycles. The summed E-state index contributed by atoms with van der Waals surface area (Å²) in [5, 5.41) is 11.6. The first kappa shape index (κ1) is 11.3. The Morgan fingerprint density at radius 3 is 2.89 bits per heavy atom. The summed E-state index contributed by atoms with van der Waals surface area (Å²) in [5.41, 5.74) is 1.05. The van der Waals surface area contributed by atoms with Crippen LogP contribution in [0.4, 0.5) is 4.39 Å². The molecule has 0 spiro atoms. The highest BCUT2D eigenvalue weighted by Crippen LogP contribution is 2.21. The van der Waals surface area contributed by atoms with E-state index in [-0.39, 0.29) is 5.82 Å². The van der Waals surface area contributed by atoms with Gasteiger partial charge in [-0.1, -0.05) is 12.1 Å². The molecule has 18 heavy (non-hydrogen) atoms. The highest BCUT2D eigenvalue weighted by atomic mass is 19.1. The van der Waals surface area contributed by atoms with Gasteiger partial charge in [-0.15, -0.1) is 10.2 Å². The van der Waals surface area contributed by atoms with E-state index in [1.165, 1.54) is 18.6 Å². The van der Waals surface area contributed by atoms with E-state index in [0.29, 0.717) is 12.6 Å². The number of benzene rings is 1. The zero-order chi connectivity index (χ0) is 12.4. The Kier molecular flexibility index (Phi) is 3.06. The third-order valence-corrected chi connectivity index (χ3v) is 3.28. The van der Waals surface area contributed by atoms with Gasteiger partial charge >= 0.3 is 0 Å². The van der Waals surface area contributed by atoms with Gasteiger partial charge in [0.15, 0.2) is 0 Å². The highest BCUT2D eigenvalue weighted by molar-refractivity contribution is 5.17. The monoisotopic (exact) mass is 246 g/mol. The third-order valence-electron chi connectivity index (χ3n) is 3.28. The first-order valence-electron chi connectivity index (χ1n) is 6.18. The highest BCUT2D eigenvalue weighted by Gasteiger charge is 2.21. The maximum absolute atomic E-state index is 12.8. The molecule has 0 aliphatic carbocycles. The zero-order valence-electron chi connectivity index (χ0n) is 10.0. The number of rotatable bonds is 3. The molecule has 2 heterocycles. The van der Waals surface area contributed by atoms with Crippen LogP contribution in [0.5, 0.6) is 0 Å². The van der Waals surface area contributed by atoms with Crippen molar-refractivity contribution in [3.63, 3.8) is 0 Å². The summed E-state index contributed by atoms with van der Waals surface area (Å²) >= 11 is 0. The van der Waals surface area contributed by atoms with Crippen LogP contribution < -0.4 is 5.32 Å². The quantitative estimate of drug-likeness (QED) is 0.899. The molecule has 1 aliphatic rings. The van der Waals surface area contributed by atoms with Crippen LogP contribution in [0.3, 0.4) is 0 Å². The summed E-state index contributed by atoms with van der Waals surface area (Å²) in [4.78, 5) is 0. The standard InChI is InChI=1S/C13H15FN4/c14-11-5-3-10(4-6-11)8-18-9-16-17-13(18)12-2-1-7-15-12/h3-6,9,12,15H,1-2,7-8H2. The van der Waals surface area contributed by atoms with E-state index in [9.17, 15) is 4.39 Å². The fourth-order valence-electron chi connectivity index (χ4n) is 2.35. The van der Waals surface area contributed by atoms with Crippen molar-refractivity contribution in [1.82, 2.24) is 20.1 Å². The molecule has 3 rings (SSSR count). The third kappa shape index (κ3) is 2.26. The van der Waals surface area contributed by atoms with Crippen LogP contribution in [-0.2, 0) is 6.54 Å². The van der Waals surface area contributed by atoms with Crippen LogP contribution in [0.15, 0.2) is 30.6 Å². The molecule has 1 aliphatic heterocycles. The fraction of sp³-hybridized carbons (Fsp3) is 0.385. The molecule has 5 heteroatoms. The molecule has 1 aromatic carbocycles. The predicted molar refractivity (Wildman–Crippen MR) is 65.5 cm³/mol. The molecule has 2 aromatic rings. The van der Waals surface area contributed by atoms with Crippen LogP contribution in [-0.4, -0.2) is 21.3 Å². The summed E-state index contributed by atoms with van der Waals surface area (Å²) in [6.07, 6.45) is 4.01. The van der Waals surface area contributed by atoms with Crippen molar-refractivity contribution >= 4 is 0 Å². The lowest BCUT2D eigenvalue weighted by atomic mass is 10.2. The van der Waals surface area contributed by atoms with Gasteiger partial charge < -0.3 is 9.88 Å². The molecular weight excluding hydrogens is 231 g/mol. The Morgan fingerprint density at radius 2 is 2.17 bits per heavy atom. The van der Waals surface area contributed by atoms with E-state index in [1.807, 2.05) is 4.57 Å². The smallest absolute Gasteiger partial charge is 0.150 e. The Morgan fingerprint density at radius 1 is 1.33 bits per heavy atom. The first-order valence-corrected chi connectivity index (χ1v) is 6.18. The Hall–Kier alpha value is -1.75. The maximum atomic E-state index is 12.8. The average molecular weight is 246 g/mol. The van der Waals surface area contributed by atoms with Gasteiger partial charge in [0.1, 0.15) is 18.0 Å². The van der Waals surface area contributed by atoms with Crippen molar-refractivity contribution in [2.75, 3.05) is 6.54 Å². The minimum absolute atomic E-state index is 0.208. The molecular formula is C13H15FN4. The predicted octanol–water partition coefficient (Wildman–Crippen LogP) is 1.89. The van der Waals surface area contributed by atoms with Crippen LogP contribution in [0.25, 0.3) is 0 Å². The van der Waals surface area contributed by atoms with Crippen LogP contribution >= 0.6 is 0 Å². The second kappa shape index (κ2) is 4.86. The van der Waals surface area contributed by atoms with Crippen molar-refractivity contribution in [2.45, 2.75) is 25.4 Å². The van der Waals surface area contributed by atoms with E-state index in [4.69, 9.17) is 0 Å². The molecule has 1 N–H and O–H groups in total. The van der Waals surface area contributed by atoms with Crippen LogP contribution in [0, 0.1) is 5.82 Å². The van der Waals surface area contributed by atoms with E-state index in [2.05, 4.69) is 15.5 Å². The second-order valence-corrected chi connectivity index (χ2v) is 4.59. The lowest BCUT2D eigenvalue weighted by Gasteiger charge is -2.12. The normalized spacial score (nSPS) is 19.3. The molecule has 4 nitrogen and oxygen atoms in total. The Labute approximate surface area is 105 Å². The largest absolute Gasteiger partial charge is 0.312 e. The molecule has 0 amide bonds. The minimum Gasteiger partial charge on any atom is -0.312 e. The molecule has 1 fully saturated rings. The first-order chi connectivity index (χ1) is 8.83. The van der Waals surface area contributed by atoms with Gasteiger partial charge in [0.25, 0.3) is 0 Å². The molecule has 1 saturated heterocycles. The number of halogens is 1. The maximum Gasteiger partial charge on any atom is 0.150 e. The fourth-order valence-corrected chi connectivity index (χ4v) is 2.35. The molecule has 0 saturated carbocycles. The number of nitrogens with one attached hydrogen (secondary N) is 1. The number of nitrogens with zero attached hydrogens (tertiary/aromatic N) is 3. The Balaban J connectivity index is 1.80. The summed E-state index contributed by atoms with van der Waals surface area (Å²) in [5.74, 6) is 0.761. The SMILES string of the molecule is Fc1ccc(Cn2cnnc2C2CCCN2)cc1. The lowest BCUT2D eigenvalue weighted by molar-refractivity contribution is 0.563. The second-order valence-electron chi connectivity index (χ2n) is 4.59. The van der Waals surface area contributed by atoms with E-state index in [0.717, 1.165) is 24.4 Å². The summed E-state index contributed by atoms with van der Waals surface area (Å²) in [7, 11) is 0. The number of hydrogen-bond donors (Lipinski definition) is 1. The van der Waals surface area contributed by atoms with Gasteiger partial charge in [-0.05, 0) is 37.1 Å². The minimum atomic E-state index is -0.208. The average Bonchev–Trinajstić information content (AvgIpc) is 3.02. The van der Waals surface area contributed by atoms with Crippen LogP contribution in [0.2, 0.25) is 0 Å². The van der Waals surface area contributed by atoms with E-state index in [1.54, 1.807) is 18.5 Å². The number of hydrogen-bond acceptors (Lipinski definition) is 3. The Bertz CT molecular complexity index is 514. The van der Waals surface area contributed by atoms with Gasteiger partial charge in [0, 0.05) is 0 Å². The molecule has 0 radical (unpaired) electrons. The van der Waals surface area contributed by atoms with Crippen molar-refractivity contribution in [2.24, 2.45) is 0 Å². The zero-order valence-corrected chi connectivity index (χ0v) is 10.0. The van der Waals surface area contributed by atoms with E-state index < -0.39 is 0 Å². The van der Waals surface area contributed by atoms with E-state index >= 15 is 0 Å². The van der Waals surface area contributed by atoms with Crippen molar-refractivity contribution in [3.05, 3.63) is 47.8 Å². The van der Waals surface area contributed by atoms with Crippen LogP contribution in [0.1, 0.15) is 30.3 Å². The van der Waals surface area contributed by atoms with Gasteiger partial charge in [-0.25, -0.2) is 4.39 Å². The molecule has 1 atom stereocenters. The topological polar surface area (TPSA) is 42.7 Å². The molecule has 1 unspecified atom stereocenters. The van der Waals surface area contributed by atoms with Gasteiger partial charge in [-0.3, -0.25) is 0 Å². The van der Waals surface area contributed by atoms with Gasteiger partial charge in [-0.2, -0.15) is 0 Å². The van der Waals surface area contributed by atoms with Gasteiger partial charge in [0.2, 0.25) is 0 Å². The lowest BCUT2D eigenvalue weighted by Crippen LogP contribution is -2.18. The van der Waals surface area contributed by atoms with Crippen molar-refractivity contribution in [3.8, 4) is 0 Å². The van der Waals surface area contributed by atoms with Crippen molar-refractivity contribution < 1.29 is 4.39 Å². The summed E-state index contributed by atoms with van der Waals surface area (Å²) in [6.45, 7) is 1.72.